The van der Waals surface area contributed by atoms with E-state index in [1.165, 1.54) is 31.2 Å². The fourth-order valence-corrected chi connectivity index (χ4v) is 3.88. The third-order valence-electron chi connectivity index (χ3n) is 3.41. The molecule has 0 saturated carbocycles. The lowest BCUT2D eigenvalue weighted by Gasteiger charge is -2.15. The van der Waals surface area contributed by atoms with Crippen LogP contribution in [0, 0.1) is 0 Å². The van der Waals surface area contributed by atoms with Crippen LogP contribution in [0.25, 0.3) is 0 Å². The number of benzene rings is 2. The van der Waals surface area contributed by atoms with Gasteiger partial charge in [0.2, 0.25) is 20.0 Å². The summed E-state index contributed by atoms with van der Waals surface area (Å²) in [4.78, 5) is -0.383. The van der Waals surface area contributed by atoms with Crippen LogP contribution in [0.3, 0.4) is 0 Å². The lowest BCUT2D eigenvalue weighted by atomic mass is 10.1. The van der Waals surface area contributed by atoms with Crippen LogP contribution in [-0.2, 0) is 20.0 Å². The highest BCUT2D eigenvalue weighted by molar-refractivity contribution is 7.89. The Morgan fingerprint density at radius 2 is 1.41 bits per heavy atom. The number of hydrogen-bond donors (Lipinski definition) is 2. The van der Waals surface area contributed by atoms with Gasteiger partial charge >= 0.3 is 6.36 Å². The van der Waals surface area contributed by atoms with Crippen LogP contribution in [0.15, 0.2) is 58.3 Å². The number of sulfonamides is 2. The summed E-state index contributed by atoms with van der Waals surface area (Å²) in [5, 5.41) is 4.99. The van der Waals surface area contributed by atoms with Crippen molar-refractivity contribution in [3.63, 3.8) is 0 Å². The van der Waals surface area contributed by atoms with Crippen molar-refractivity contribution in [1.29, 1.82) is 0 Å². The zero-order valence-corrected chi connectivity index (χ0v) is 15.4. The van der Waals surface area contributed by atoms with Crippen LogP contribution >= 0.6 is 0 Å². The van der Waals surface area contributed by atoms with Gasteiger partial charge in [0.25, 0.3) is 0 Å². The standard InChI is InChI=1S/C15H15F3N2O5S2/c1-10(11-2-6-13(7-3-11)26(19,21)22)20-27(23,24)14-8-4-12(5-9-14)25-15(16,17)18/h2-10,20H,1H3,(H2,19,21,22)/t10-/m0/s1. The Hall–Kier alpha value is -2.15. The van der Waals surface area contributed by atoms with Gasteiger partial charge in [-0.3, -0.25) is 0 Å². The molecule has 27 heavy (non-hydrogen) atoms. The Morgan fingerprint density at radius 3 is 1.85 bits per heavy atom. The maximum absolute atomic E-state index is 12.3. The van der Waals surface area contributed by atoms with Crippen molar-refractivity contribution in [1.82, 2.24) is 4.72 Å². The molecule has 0 aliphatic carbocycles. The summed E-state index contributed by atoms with van der Waals surface area (Å²) < 4.78 is 89.6. The molecule has 148 valence electrons. The molecule has 0 fully saturated rings. The summed E-state index contributed by atoms with van der Waals surface area (Å²) in [6.07, 6.45) is -4.88. The maximum Gasteiger partial charge on any atom is 0.573 e. The fraction of sp³-hybridized carbons (Fsp3) is 0.200. The van der Waals surface area contributed by atoms with Gasteiger partial charge in [0.15, 0.2) is 0 Å². The predicted molar refractivity (Wildman–Crippen MR) is 89.7 cm³/mol. The quantitative estimate of drug-likeness (QED) is 0.738. The number of primary sulfonamides is 1. The molecule has 2 aromatic rings. The molecule has 0 radical (unpaired) electrons. The summed E-state index contributed by atoms with van der Waals surface area (Å²) in [6.45, 7) is 1.52. The minimum atomic E-state index is -4.88. The van der Waals surface area contributed by atoms with Crippen LogP contribution < -0.4 is 14.6 Å². The van der Waals surface area contributed by atoms with Gasteiger partial charge in [-0.1, -0.05) is 12.1 Å². The van der Waals surface area contributed by atoms with E-state index >= 15 is 0 Å². The van der Waals surface area contributed by atoms with Gasteiger partial charge < -0.3 is 4.74 Å². The van der Waals surface area contributed by atoms with Crippen LogP contribution in [-0.4, -0.2) is 23.2 Å². The number of nitrogens with two attached hydrogens (primary N) is 1. The second kappa shape index (κ2) is 7.46. The Morgan fingerprint density at radius 1 is 0.926 bits per heavy atom. The SMILES string of the molecule is C[C@H](NS(=O)(=O)c1ccc(OC(F)(F)F)cc1)c1ccc(S(N)(=O)=O)cc1. The molecule has 2 rings (SSSR count). The van der Waals surface area contributed by atoms with E-state index in [1.807, 2.05) is 0 Å². The first-order valence-electron chi connectivity index (χ1n) is 7.29. The number of hydrogen-bond acceptors (Lipinski definition) is 5. The fourth-order valence-electron chi connectivity index (χ4n) is 2.14. The van der Waals surface area contributed by atoms with Crippen LogP contribution in [0.5, 0.6) is 5.75 Å². The van der Waals surface area contributed by atoms with E-state index in [0.717, 1.165) is 24.3 Å². The van der Waals surface area contributed by atoms with Gasteiger partial charge in [-0.05, 0) is 48.9 Å². The van der Waals surface area contributed by atoms with Crippen molar-refractivity contribution in [2.75, 3.05) is 0 Å². The lowest BCUT2D eigenvalue weighted by Crippen LogP contribution is -2.27. The first-order valence-corrected chi connectivity index (χ1v) is 10.3. The van der Waals surface area contributed by atoms with Crippen molar-refractivity contribution in [2.45, 2.75) is 29.1 Å². The molecular formula is C15H15F3N2O5S2. The lowest BCUT2D eigenvalue weighted by molar-refractivity contribution is -0.274. The smallest absolute Gasteiger partial charge is 0.406 e. The number of rotatable bonds is 6. The van der Waals surface area contributed by atoms with Crippen LogP contribution in [0.2, 0.25) is 0 Å². The number of nitrogens with one attached hydrogen (secondary N) is 1. The minimum Gasteiger partial charge on any atom is -0.406 e. The van der Waals surface area contributed by atoms with E-state index in [1.54, 1.807) is 0 Å². The van der Waals surface area contributed by atoms with E-state index in [2.05, 4.69) is 9.46 Å². The first kappa shape index (κ1) is 21.2. The van der Waals surface area contributed by atoms with E-state index in [9.17, 15) is 30.0 Å². The second-order valence-electron chi connectivity index (χ2n) is 5.48. The molecule has 0 aliphatic rings. The third kappa shape index (κ3) is 5.92. The topological polar surface area (TPSA) is 116 Å². The number of ether oxygens (including phenoxy) is 1. The Balaban J connectivity index is 2.15. The van der Waals surface area contributed by atoms with Crippen molar-refractivity contribution >= 4 is 20.0 Å². The molecule has 0 bridgehead atoms. The van der Waals surface area contributed by atoms with Gasteiger partial charge in [-0.25, -0.2) is 26.7 Å². The Kier molecular flexibility index (Phi) is 5.85. The molecule has 7 nitrogen and oxygen atoms in total. The molecule has 0 saturated heterocycles. The van der Waals surface area contributed by atoms with Gasteiger partial charge in [0.05, 0.1) is 9.79 Å². The molecule has 0 spiro atoms. The zero-order chi connectivity index (χ0) is 20.5. The molecule has 0 amide bonds. The molecule has 1 atom stereocenters. The highest BCUT2D eigenvalue weighted by atomic mass is 32.2. The van der Waals surface area contributed by atoms with E-state index in [-0.39, 0.29) is 9.79 Å². The van der Waals surface area contributed by atoms with Gasteiger partial charge in [0, 0.05) is 6.04 Å². The molecule has 3 N–H and O–H groups in total. The van der Waals surface area contributed by atoms with Gasteiger partial charge in [-0.15, -0.1) is 13.2 Å². The summed E-state index contributed by atoms with van der Waals surface area (Å²) in [6, 6.07) is 8.23. The highest BCUT2D eigenvalue weighted by Gasteiger charge is 2.31. The van der Waals surface area contributed by atoms with Crippen molar-refractivity contribution in [3.05, 3.63) is 54.1 Å². The second-order valence-corrected chi connectivity index (χ2v) is 8.75. The van der Waals surface area contributed by atoms with Gasteiger partial charge in [-0.2, -0.15) is 0 Å². The normalized spacial score (nSPS) is 14.0. The molecule has 0 aromatic heterocycles. The molecule has 0 aliphatic heterocycles. The van der Waals surface area contributed by atoms with E-state index in [0.29, 0.717) is 5.56 Å². The summed E-state index contributed by atoms with van der Waals surface area (Å²) in [5.41, 5.74) is 0.461. The third-order valence-corrected chi connectivity index (χ3v) is 5.89. The number of alkyl halides is 3. The molecule has 0 heterocycles. The average molecular weight is 424 g/mol. The maximum atomic E-state index is 12.3. The van der Waals surface area contributed by atoms with E-state index in [4.69, 9.17) is 5.14 Å². The first-order chi connectivity index (χ1) is 12.3. The summed E-state index contributed by atoms with van der Waals surface area (Å²) in [7, 11) is -7.91. The average Bonchev–Trinajstić information content (AvgIpc) is 2.52. The van der Waals surface area contributed by atoms with Crippen molar-refractivity contribution < 1.29 is 34.7 Å². The minimum absolute atomic E-state index is 0.124. The molecule has 12 heteroatoms. The molecular weight excluding hydrogens is 409 g/mol. The Bertz CT molecular complexity index is 1000. The highest BCUT2D eigenvalue weighted by Crippen LogP contribution is 2.25. The van der Waals surface area contributed by atoms with Crippen LogP contribution in [0.1, 0.15) is 18.5 Å². The Labute approximate surface area is 154 Å². The van der Waals surface area contributed by atoms with Crippen molar-refractivity contribution in [3.8, 4) is 5.75 Å². The van der Waals surface area contributed by atoms with Gasteiger partial charge in [0.1, 0.15) is 5.75 Å². The zero-order valence-electron chi connectivity index (χ0n) is 13.8. The summed E-state index contributed by atoms with van der Waals surface area (Å²) >= 11 is 0. The molecule has 2 aromatic carbocycles. The van der Waals surface area contributed by atoms with Crippen LogP contribution in [0.4, 0.5) is 13.2 Å². The number of halogens is 3. The summed E-state index contributed by atoms with van der Waals surface area (Å²) in [5.74, 6) is -0.548. The predicted octanol–water partition coefficient (Wildman–Crippen LogP) is 2.27. The molecule has 0 unspecified atom stereocenters. The monoisotopic (exact) mass is 424 g/mol. The van der Waals surface area contributed by atoms with E-state index < -0.39 is 38.2 Å². The largest absolute Gasteiger partial charge is 0.573 e. The van der Waals surface area contributed by atoms with Crippen molar-refractivity contribution in [2.24, 2.45) is 5.14 Å².